The number of rotatable bonds is 11. The molecule has 0 N–H and O–H groups in total. The molecule has 1 aliphatic carbocycles. The fourth-order valence-electron chi connectivity index (χ4n) is 4.73. The van der Waals surface area contributed by atoms with E-state index in [1.165, 1.54) is 0 Å². The van der Waals surface area contributed by atoms with Gasteiger partial charge in [-0.25, -0.2) is 4.98 Å². The molecule has 5 rings (SSSR count). The van der Waals surface area contributed by atoms with Crippen molar-refractivity contribution in [3.63, 3.8) is 0 Å². The second-order valence-corrected chi connectivity index (χ2v) is 10.4. The summed E-state index contributed by atoms with van der Waals surface area (Å²) >= 11 is 0. The lowest BCUT2D eigenvalue weighted by molar-refractivity contribution is -0.197. The van der Waals surface area contributed by atoms with Crippen molar-refractivity contribution in [2.45, 2.75) is 52.4 Å². The molecule has 0 aromatic carbocycles. The predicted molar refractivity (Wildman–Crippen MR) is 147 cm³/mol. The summed E-state index contributed by atoms with van der Waals surface area (Å²) in [7, 11) is 1.61. The first-order valence-corrected chi connectivity index (χ1v) is 13.2. The maximum atomic E-state index is 13.6. The minimum Gasteiger partial charge on any atom is -0.477 e. The van der Waals surface area contributed by atoms with Crippen molar-refractivity contribution in [3.05, 3.63) is 59.3 Å². The van der Waals surface area contributed by atoms with Crippen LogP contribution in [0.4, 0.5) is 11.5 Å². The first kappa shape index (κ1) is 27.0. The van der Waals surface area contributed by atoms with Crippen molar-refractivity contribution < 1.29 is 23.8 Å². The Balaban J connectivity index is 1.25. The Kier molecular flexibility index (Phi) is 7.51. The highest BCUT2D eigenvalue weighted by Gasteiger charge is 2.40. The lowest BCUT2D eigenvalue weighted by Crippen LogP contribution is -2.46. The molecular weight excluding hydrogens is 498 g/mol. The Morgan fingerprint density at radius 2 is 1.90 bits per heavy atom. The van der Waals surface area contributed by atoms with Crippen molar-refractivity contribution in [3.8, 4) is 5.88 Å². The predicted octanol–water partition coefficient (Wildman–Crippen LogP) is 3.79. The van der Waals surface area contributed by atoms with Gasteiger partial charge in [-0.2, -0.15) is 0 Å². The molecule has 1 amide bonds. The number of ketones is 1. The van der Waals surface area contributed by atoms with Crippen molar-refractivity contribution in [2.75, 3.05) is 43.2 Å². The molecule has 0 spiro atoms. The number of carbonyl (C=O) groups excluding carboxylic acids is 2. The second kappa shape index (κ2) is 10.9. The van der Waals surface area contributed by atoms with Crippen molar-refractivity contribution in [2.24, 2.45) is 0 Å². The highest BCUT2D eigenvalue weighted by molar-refractivity contribution is 6.14. The van der Waals surface area contributed by atoms with Gasteiger partial charge >= 0.3 is 0 Å². The van der Waals surface area contributed by atoms with Crippen LogP contribution in [-0.4, -0.2) is 72.1 Å². The van der Waals surface area contributed by atoms with Crippen LogP contribution in [0.15, 0.2) is 42.0 Å². The first-order valence-electron chi connectivity index (χ1n) is 13.2. The van der Waals surface area contributed by atoms with Crippen molar-refractivity contribution in [1.82, 2.24) is 15.2 Å². The Morgan fingerprint density at radius 3 is 2.59 bits per heavy atom. The minimum atomic E-state index is -0.627. The quantitative estimate of drug-likeness (QED) is 0.185. The molecule has 2 aromatic rings. The van der Waals surface area contributed by atoms with Gasteiger partial charge in [0.05, 0.1) is 36.6 Å². The Labute approximate surface area is 228 Å². The number of Topliss-reactive ketones (excluding diaryl/α,β-unsaturated/α-hetero) is 1. The summed E-state index contributed by atoms with van der Waals surface area (Å²) < 4.78 is 16.5. The summed E-state index contributed by atoms with van der Waals surface area (Å²) in [5, 5.41) is 8.40. The molecule has 2 bridgehead atoms. The Hall–Kier alpha value is -3.63. The van der Waals surface area contributed by atoms with Gasteiger partial charge in [0.2, 0.25) is 5.88 Å². The van der Waals surface area contributed by atoms with Crippen LogP contribution >= 0.6 is 0 Å². The normalized spacial score (nSPS) is 18.6. The third kappa shape index (κ3) is 5.86. The van der Waals surface area contributed by atoms with E-state index in [-0.39, 0.29) is 17.7 Å². The number of hydrogen-bond acceptors (Lipinski definition) is 9. The molecule has 10 nitrogen and oxygen atoms in total. The van der Waals surface area contributed by atoms with Crippen LogP contribution < -0.4 is 14.5 Å². The summed E-state index contributed by atoms with van der Waals surface area (Å²) in [6.07, 6.45) is 4.93. The number of carbonyl (C=O) groups is 2. The Bertz CT molecular complexity index is 1320. The van der Waals surface area contributed by atoms with Gasteiger partial charge in [0.1, 0.15) is 5.69 Å². The van der Waals surface area contributed by atoms with Crippen LogP contribution in [0.3, 0.4) is 0 Å². The third-order valence-electron chi connectivity index (χ3n) is 7.23. The third-order valence-corrected chi connectivity index (χ3v) is 7.23. The van der Waals surface area contributed by atoms with E-state index in [0.29, 0.717) is 54.2 Å². The molecule has 4 heterocycles. The molecule has 10 heteroatoms. The Morgan fingerprint density at radius 1 is 1.13 bits per heavy atom. The zero-order chi connectivity index (χ0) is 27.7. The van der Waals surface area contributed by atoms with Gasteiger partial charge in [0.25, 0.3) is 5.91 Å². The molecule has 1 fully saturated rings. The molecule has 1 unspecified atom stereocenters. The highest BCUT2D eigenvalue weighted by atomic mass is 16.7. The average Bonchev–Trinajstić information content (AvgIpc) is 3.52. The van der Waals surface area contributed by atoms with Gasteiger partial charge in [-0.15, -0.1) is 10.2 Å². The van der Waals surface area contributed by atoms with Crippen LogP contribution in [0.2, 0.25) is 0 Å². The van der Waals surface area contributed by atoms with Gasteiger partial charge in [0, 0.05) is 38.8 Å². The molecule has 205 valence electrons. The molecule has 1 radical (unpaired) electrons. The second-order valence-electron chi connectivity index (χ2n) is 10.4. The number of amides is 1. The van der Waals surface area contributed by atoms with E-state index >= 15 is 0 Å². The van der Waals surface area contributed by atoms with E-state index < -0.39 is 5.79 Å². The molecule has 3 aliphatic rings. The number of methoxy groups -OCH3 is 1. The maximum absolute atomic E-state index is 13.6. The fourth-order valence-corrected chi connectivity index (χ4v) is 4.73. The average molecular weight is 533 g/mol. The number of hydrogen-bond donors (Lipinski definition) is 0. The SMILES string of the molecule is COC(C)(C)OCCCOc1ccc(/C(C)=C\C(=O)N2c3nc(C(=O)[C]4C=C4C)ccc3N3CCC2C3)nn1. The smallest absolute Gasteiger partial charge is 0.252 e. The maximum Gasteiger partial charge on any atom is 0.252 e. The molecule has 1 saturated heterocycles. The van der Waals surface area contributed by atoms with E-state index in [1.54, 1.807) is 36.3 Å². The number of allylic oxidation sites excluding steroid dienone is 3. The number of fused-ring (bicyclic) bond motifs is 4. The molecule has 0 saturated carbocycles. The topological polar surface area (TPSA) is 107 Å². The number of nitrogens with zero attached hydrogens (tertiary/aromatic N) is 5. The van der Waals surface area contributed by atoms with Gasteiger partial charge in [-0.3, -0.25) is 14.5 Å². The molecule has 2 aromatic heterocycles. The molecule has 1 atom stereocenters. The first-order chi connectivity index (χ1) is 18.7. The molecule has 39 heavy (non-hydrogen) atoms. The number of ether oxygens (including phenoxy) is 3. The summed E-state index contributed by atoms with van der Waals surface area (Å²) in [5.41, 5.74) is 3.47. The van der Waals surface area contributed by atoms with Crippen LogP contribution in [0.5, 0.6) is 5.88 Å². The summed E-state index contributed by atoms with van der Waals surface area (Å²) in [5.74, 6) is 0.718. The van der Waals surface area contributed by atoms with Gasteiger partial charge in [-0.1, -0.05) is 11.6 Å². The summed E-state index contributed by atoms with van der Waals surface area (Å²) in [6.45, 7) is 9.96. The van der Waals surface area contributed by atoms with E-state index in [4.69, 9.17) is 14.2 Å². The van der Waals surface area contributed by atoms with Crippen LogP contribution in [0.1, 0.15) is 56.7 Å². The number of anilines is 2. The van der Waals surface area contributed by atoms with E-state index in [0.717, 1.165) is 30.8 Å². The van der Waals surface area contributed by atoms with Gasteiger partial charge in [-0.05, 0) is 57.9 Å². The number of aromatic nitrogens is 3. The zero-order valence-corrected chi connectivity index (χ0v) is 23.1. The van der Waals surface area contributed by atoms with E-state index in [1.807, 2.05) is 39.8 Å². The van der Waals surface area contributed by atoms with E-state index in [2.05, 4.69) is 20.1 Å². The van der Waals surface area contributed by atoms with Crippen LogP contribution in [-0.2, 0) is 14.3 Å². The van der Waals surface area contributed by atoms with Crippen LogP contribution in [0, 0.1) is 5.92 Å². The van der Waals surface area contributed by atoms with Gasteiger partial charge < -0.3 is 19.1 Å². The minimum absolute atomic E-state index is 0.000597. The van der Waals surface area contributed by atoms with Crippen molar-refractivity contribution in [1.29, 1.82) is 0 Å². The molecule has 2 aliphatic heterocycles. The fraction of sp³-hybridized carbons (Fsp3) is 0.448. The highest BCUT2D eigenvalue weighted by Crippen LogP contribution is 2.40. The van der Waals surface area contributed by atoms with Crippen molar-refractivity contribution >= 4 is 28.8 Å². The zero-order valence-electron chi connectivity index (χ0n) is 23.1. The monoisotopic (exact) mass is 532 g/mol. The summed E-state index contributed by atoms with van der Waals surface area (Å²) in [4.78, 5) is 35.0. The largest absolute Gasteiger partial charge is 0.477 e. The lowest BCUT2D eigenvalue weighted by atomic mass is 10.1. The summed E-state index contributed by atoms with van der Waals surface area (Å²) in [6, 6.07) is 7.18. The molecular formula is C29H34N5O5. The van der Waals surface area contributed by atoms with Crippen LogP contribution in [0.25, 0.3) is 5.57 Å². The van der Waals surface area contributed by atoms with Gasteiger partial charge in [0.15, 0.2) is 17.4 Å². The number of pyridine rings is 1. The van der Waals surface area contributed by atoms with E-state index in [9.17, 15) is 9.59 Å². The standard InChI is InChI=1S/C29H34N5O5/c1-18-15-21(18)27(36)23-7-9-24-28(30-23)34(20-11-12-33(24)17-20)26(35)16-19(2)22-8-10-25(32-31-22)38-13-6-14-39-29(3,4)37-5/h7-10,15-16,20H,6,11-14,17H2,1-5H3/b19-16-. The lowest BCUT2D eigenvalue weighted by Gasteiger charge is -2.35.